The Morgan fingerprint density at radius 3 is 1.90 bits per heavy atom. The van der Waals surface area contributed by atoms with Crippen LogP contribution in [0.5, 0.6) is 0 Å². The second-order valence-electron chi connectivity index (χ2n) is 2.78. The van der Waals surface area contributed by atoms with E-state index in [0.717, 1.165) is 19.3 Å². The minimum absolute atomic E-state index is 0.203. The molecule has 10 heavy (non-hydrogen) atoms. The zero-order chi connectivity index (χ0) is 7.56. The average Bonchev–Trinajstić information content (AvgIpc) is 1.88. The van der Waals surface area contributed by atoms with Gasteiger partial charge in [-0.1, -0.05) is 6.42 Å². The molecule has 0 nitrogen and oxygen atoms in total. The number of alkyl halides is 3. The standard InChI is InChI=1S/C7H11Cl3/c8-4-5-6(9)2-1-3-7(5)10/h5-7H,1-4H2. The van der Waals surface area contributed by atoms with Crippen LogP contribution in [0.15, 0.2) is 0 Å². The molecule has 1 saturated carbocycles. The van der Waals surface area contributed by atoms with E-state index in [-0.39, 0.29) is 10.8 Å². The van der Waals surface area contributed by atoms with Crippen LogP contribution in [0.1, 0.15) is 19.3 Å². The van der Waals surface area contributed by atoms with Crippen LogP contribution >= 0.6 is 34.8 Å². The maximum atomic E-state index is 6.01. The smallest absolute Gasteiger partial charge is 0.0389 e. The summed E-state index contributed by atoms with van der Waals surface area (Å²) in [6.45, 7) is 0. The fraction of sp³-hybridized carbons (Fsp3) is 1.00. The minimum atomic E-state index is 0.203. The Morgan fingerprint density at radius 2 is 1.60 bits per heavy atom. The lowest BCUT2D eigenvalue weighted by Crippen LogP contribution is -2.30. The Balaban J connectivity index is 2.45. The second kappa shape index (κ2) is 4.04. The second-order valence-corrected chi connectivity index (χ2v) is 4.21. The molecule has 0 bridgehead atoms. The Morgan fingerprint density at radius 1 is 1.10 bits per heavy atom. The highest BCUT2D eigenvalue weighted by atomic mass is 35.5. The van der Waals surface area contributed by atoms with Crippen LogP contribution in [-0.4, -0.2) is 16.6 Å². The van der Waals surface area contributed by atoms with Crippen molar-refractivity contribution in [2.45, 2.75) is 30.0 Å². The largest absolute Gasteiger partial charge is 0.126 e. The summed E-state index contributed by atoms with van der Waals surface area (Å²) in [4.78, 5) is 0. The van der Waals surface area contributed by atoms with Crippen molar-refractivity contribution in [2.75, 3.05) is 5.88 Å². The van der Waals surface area contributed by atoms with Gasteiger partial charge in [0, 0.05) is 22.6 Å². The Labute approximate surface area is 76.8 Å². The van der Waals surface area contributed by atoms with Crippen LogP contribution in [0.4, 0.5) is 0 Å². The lowest BCUT2D eigenvalue weighted by atomic mass is 9.90. The number of rotatable bonds is 1. The summed E-state index contributed by atoms with van der Waals surface area (Å²) in [5.41, 5.74) is 0. The molecule has 1 aliphatic rings. The van der Waals surface area contributed by atoms with Gasteiger partial charge in [-0.05, 0) is 12.8 Å². The molecule has 0 radical (unpaired) electrons. The summed E-state index contributed by atoms with van der Waals surface area (Å²) < 4.78 is 0. The van der Waals surface area contributed by atoms with Crippen LogP contribution < -0.4 is 0 Å². The van der Waals surface area contributed by atoms with Gasteiger partial charge in [-0.15, -0.1) is 34.8 Å². The molecule has 0 N–H and O–H groups in total. The molecule has 1 fully saturated rings. The van der Waals surface area contributed by atoms with Crippen molar-refractivity contribution in [3.63, 3.8) is 0 Å². The minimum Gasteiger partial charge on any atom is -0.126 e. The molecule has 60 valence electrons. The lowest BCUT2D eigenvalue weighted by Gasteiger charge is -2.29. The third kappa shape index (κ3) is 1.93. The molecule has 3 heteroatoms. The van der Waals surface area contributed by atoms with E-state index in [4.69, 9.17) is 34.8 Å². The summed E-state index contributed by atoms with van der Waals surface area (Å²) in [5.74, 6) is 0.918. The van der Waals surface area contributed by atoms with Gasteiger partial charge in [-0.3, -0.25) is 0 Å². The van der Waals surface area contributed by atoms with Crippen molar-refractivity contribution in [2.24, 2.45) is 5.92 Å². The fourth-order valence-corrected chi connectivity index (χ4v) is 2.88. The molecule has 0 spiro atoms. The van der Waals surface area contributed by atoms with Gasteiger partial charge in [-0.2, -0.15) is 0 Å². The maximum Gasteiger partial charge on any atom is 0.0389 e. The zero-order valence-electron chi connectivity index (χ0n) is 5.69. The van der Waals surface area contributed by atoms with Gasteiger partial charge in [0.25, 0.3) is 0 Å². The molecule has 1 aliphatic carbocycles. The first-order valence-electron chi connectivity index (χ1n) is 3.60. The zero-order valence-corrected chi connectivity index (χ0v) is 7.96. The van der Waals surface area contributed by atoms with Crippen molar-refractivity contribution in [3.8, 4) is 0 Å². The fourth-order valence-electron chi connectivity index (χ4n) is 1.36. The summed E-state index contributed by atoms with van der Waals surface area (Å²) >= 11 is 17.7. The molecule has 0 heterocycles. The van der Waals surface area contributed by atoms with E-state index < -0.39 is 0 Å². The van der Waals surface area contributed by atoms with Crippen molar-refractivity contribution in [1.29, 1.82) is 0 Å². The Hall–Kier alpha value is 0.870. The van der Waals surface area contributed by atoms with Crippen LogP contribution in [-0.2, 0) is 0 Å². The molecular weight excluding hydrogens is 190 g/mol. The van der Waals surface area contributed by atoms with E-state index in [9.17, 15) is 0 Å². The molecule has 2 unspecified atom stereocenters. The quantitative estimate of drug-likeness (QED) is 0.572. The van der Waals surface area contributed by atoms with Crippen LogP contribution in [0.25, 0.3) is 0 Å². The van der Waals surface area contributed by atoms with Crippen molar-refractivity contribution >= 4 is 34.8 Å². The van der Waals surface area contributed by atoms with Gasteiger partial charge >= 0.3 is 0 Å². The van der Waals surface area contributed by atoms with Crippen LogP contribution in [0, 0.1) is 5.92 Å². The summed E-state index contributed by atoms with van der Waals surface area (Å²) in [7, 11) is 0. The van der Waals surface area contributed by atoms with E-state index >= 15 is 0 Å². The number of hydrogen-bond donors (Lipinski definition) is 0. The topological polar surface area (TPSA) is 0 Å². The molecule has 0 aromatic heterocycles. The van der Waals surface area contributed by atoms with Crippen molar-refractivity contribution < 1.29 is 0 Å². The molecule has 0 aliphatic heterocycles. The van der Waals surface area contributed by atoms with Gasteiger partial charge in [0.05, 0.1) is 0 Å². The van der Waals surface area contributed by atoms with E-state index in [1.54, 1.807) is 0 Å². The third-order valence-corrected chi connectivity index (χ3v) is 3.51. The highest BCUT2D eigenvalue weighted by Crippen LogP contribution is 2.33. The Kier molecular flexibility index (Phi) is 3.62. The first-order valence-corrected chi connectivity index (χ1v) is 5.00. The predicted molar refractivity (Wildman–Crippen MR) is 47.3 cm³/mol. The molecule has 0 amide bonds. The predicted octanol–water partition coefficient (Wildman–Crippen LogP) is 3.24. The third-order valence-electron chi connectivity index (χ3n) is 2.07. The van der Waals surface area contributed by atoms with E-state index in [1.165, 1.54) is 0 Å². The Bertz CT molecular complexity index is 95.0. The van der Waals surface area contributed by atoms with Crippen LogP contribution in [0.3, 0.4) is 0 Å². The molecule has 2 atom stereocenters. The molecule has 0 aromatic carbocycles. The monoisotopic (exact) mass is 200 g/mol. The maximum absolute atomic E-state index is 6.01. The van der Waals surface area contributed by atoms with Crippen molar-refractivity contribution in [3.05, 3.63) is 0 Å². The summed E-state index contributed by atoms with van der Waals surface area (Å²) in [6, 6.07) is 0. The van der Waals surface area contributed by atoms with Gasteiger partial charge in [0.2, 0.25) is 0 Å². The van der Waals surface area contributed by atoms with E-state index in [2.05, 4.69) is 0 Å². The van der Waals surface area contributed by atoms with Gasteiger partial charge in [-0.25, -0.2) is 0 Å². The number of hydrogen-bond acceptors (Lipinski definition) is 0. The highest BCUT2D eigenvalue weighted by molar-refractivity contribution is 6.26. The highest BCUT2D eigenvalue weighted by Gasteiger charge is 2.29. The van der Waals surface area contributed by atoms with E-state index in [1.807, 2.05) is 0 Å². The van der Waals surface area contributed by atoms with Crippen molar-refractivity contribution in [1.82, 2.24) is 0 Å². The van der Waals surface area contributed by atoms with E-state index in [0.29, 0.717) is 11.8 Å². The number of halogens is 3. The first-order chi connectivity index (χ1) is 4.75. The van der Waals surface area contributed by atoms with Gasteiger partial charge in [0.15, 0.2) is 0 Å². The van der Waals surface area contributed by atoms with Crippen LogP contribution in [0.2, 0.25) is 0 Å². The molecule has 0 aromatic rings. The molecule has 0 saturated heterocycles. The SMILES string of the molecule is ClCC1C(Cl)CCCC1Cl. The normalized spacial score (nSPS) is 41.7. The lowest BCUT2D eigenvalue weighted by molar-refractivity contribution is 0.404. The molecular formula is C7H11Cl3. The van der Waals surface area contributed by atoms with Gasteiger partial charge in [0.1, 0.15) is 0 Å². The molecule has 1 rings (SSSR count). The summed E-state index contributed by atoms with van der Waals surface area (Å²) in [5, 5.41) is 0.405. The van der Waals surface area contributed by atoms with Gasteiger partial charge < -0.3 is 0 Å². The first kappa shape index (κ1) is 8.96. The summed E-state index contributed by atoms with van der Waals surface area (Å²) in [6.07, 6.45) is 3.29. The average molecular weight is 202 g/mol.